The molecule has 1 fully saturated rings. The van der Waals surface area contributed by atoms with E-state index in [-0.39, 0.29) is 0 Å². The fraction of sp³-hybridized carbons (Fsp3) is 0.733. The predicted molar refractivity (Wildman–Crippen MR) is 83.7 cm³/mol. The summed E-state index contributed by atoms with van der Waals surface area (Å²) < 4.78 is 1.00. The topological polar surface area (TPSA) is 37.8 Å². The zero-order valence-corrected chi connectivity index (χ0v) is 13.6. The van der Waals surface area contributed by atoms with E-state index >= 15 is 0 Å². The first kappa shape index (κ1) is 14.8. The summed E-state index contributed by atoms with van der Waals surface area (Å²) in [6.07, 6.45) is 9.26. The Morgan fingerprint density at radius 2 is 1.74 bits per heavy atom. The van der Waals surface area contributed by atoms with Crippen molar-refractivity contribution in [1.82, 2.24) is 9.97 Å². The van der Waals surface area contributed by atoms with Crippen LogP contribution in [0.2, 0.25) is 0 Å². The molecule has 0 spiro atoms. The molecule has 0 aromatic carbocycles. The molecule has 19 heavy (non-hydrogen) atoms. The highest BCUT2D eigenvalue weighted by molar-refractivity contribution is 9.10. The van der Waals surface area contributed by atoms with E-state index in [2.05, 4.69) is 35.1 Å². The van der Waals surface area contributed by atoms with E-state index in [0.717, 1.165) is 28.4 Å². The molecule has 106 valence electrons. The van der Waals surface area contributed by atoms with Gasteiger partial charge in [0.25, 0.3) is 0 Å². The van der Waals surface area contributed by atoms with Gasteiger partial charge < -0.3 is 5.32 Å². The van der Waals surface area contributed by atoms with Gasteiger partial charge in [-0.3, -0.25) is 0 Å². The molecular weight excluding hydrogens is 302 g/mol. The van der Waals surface area contributed by atoms with Gasteiger partial charge in [0.2, 0.25) is 0 Å². The van der Waals surface area contributed by atoms with Crippen molar-refractivity contribution in [2.45, 2.75) is 64.7 Å². The Balaban J connectivity index is 2.22. The number of halogens is 1. The highest BCUT2D eigenvalue weighted by Crippen LogP contribution is 2.32. The molecule has 1 aromatic rings. The molecule has 1 N–H and O–H groups in total. The lowest BCUT2D eigenvalue weighted by atomic mass is 9.90. The fourth-order valence-corrected chi connectivity index (χ4v) is 3.08. The van der Waals surface area contributed by atoms with Gasteiger partial charge in [-0.05, 0) is 42.6 Å². The minimum Gasteiger partial charge on any atom is -0.369 e. The van der Waals surface area contributed by atoms with Gasteiger partial charge in [-0.2, -0.15) is 0 Å². The van der Waals surface area contributed by atoms with Gasteiger partial charge in [0.05, 0.1) is 10.2 Å². The molecule has 0 bridgehead atoms. The number of hydrogen-bond donors (Lipinski definition) is 1. The molecule has 1 heterocycles. The van der Waals surface area contributed by atoms with E-state index in [1.54, 1.807) is 0 Å². The number of anilines is 1. The number of aryl methyl sites for hydroxylation is 1. The monoisotopic (exact) mass is 325 g/mol. The van der Waals surface area contributed by atoms with Gasteiger partial charge in [-0.25, -0.2) is 9.97 Å². The number of nitrogens with zero attached hydrogens (tertiary/aromatic N) is 2. The van der Waals surface area contributed by atoms with Crippen molar-refractivity contribution in [2.75, 3.05) is 11.9 Å². The lowest BCUT2D eigenvalue weighted by molar-refractivity contribution is 0.442. The lowest BCUT2D eigenvalue weighted by Gasteiger charge is -2.20. The Morgan fingerprint density at radius 1 is 1.11 bits per heavy atom. The van der Waals surface area contributed by atoms with Crippen LogP contribution in [0.3, 0.4) is 0 Å². The van der Waals surface area contributed by atoms with Crippen LogP contribution in [-0.4, -0.2) is 16.5 Å². The number of hydrogen-bond acceptors (Lipinski definition) is 3. The van der Waals surface area contributed by atoms with E-state index in [4.69, 9.17) is 9.97 Å². The normalized spacial score (nSPS) is 17.8. The predicted octanol–water partition coefficient (Wildman–Crippen LogP) is 4.81. The first-order valence-corrected chi connectivity index (χ1v) is 8.29. The molecule has 0 amide bonds. The van der Waals surface area contributed by atoms with Gasteiger partial charge >= 0.3 is 0 Å². The standard InChI is InChI=1S/C15H24BrN3/c1-3-17-15-13(16)11(2)18-14(19-15)12-9-7-5-4-6-8-10-12/h12H,3-10H2,1-2H3,(H,17,18,19). The minimum absolute atomic E-state index is 0.546. The van der Waals surface area contributed by atoms with Crippen LogP contribution in [0.1, 0.15) is 69.3 Å². The van der Waals surface area contributed by atoms with Crippen LogP contribution >= 0.6 is 15.9 Å². The SMILES string of the molecule is CCNc1nc(C2CCCCCCC2)nc(C)c1Br. The highest BCUT2D eigenvalue weighted by atomic mass is 79.9. The van der Waals surface area contributed by atoms with Gasteiger partial charge in [0.1, 0.15) is 11.6 Å². The Morgan fingerprint density at radius 3 is 2.37 bits per heavy atom. The Bertz CT molecular complexity index is 412. The molecule has 4 heteroatoms. The maximum Gasteiger partial charge on any atom is 0.144 e. The van der Waals surface area contributed by atoms with Gasteiger partial charge in [-0.15, -0.1) is 0 Å². The van der Waals surface area contributed by atoms with Gasteiger partial charge in [-0.1, -0.05) is 32.1 Å². The summed E-state index contributed by atoms with van der Waals surface area (Å²) in [6.45, 7) is 5.04. The summed E-state index contributed by atoms with van der Waals surface area (Å²) in [5, 5.41) is 3.33. The quantitative estimate of drug-likeness (QED) is 0.866. The summed E-state index contributed by atoms with van der Waals surface area (Å²) in [7, 11) is 0. The second-order valence-corrected chi connectivity index (χ2v) is 6.20. The van der Waals surface area contributed by atoms with E-state index in [1.807, 2.05) is 0 Å². The molecule has 1 aliphatic rings. The number of rotatable bonds is 3. The largest absolute Gasteiger partial charge is 0.369 e. The van der Waals surface area contributed by atoms with Crippen molar-refractivity contribution in [3.63, 3.8) is 0 Å². The van der Waals surface area contributed by atoms with Crippen LogP contribution in [0, 0.1) is 6.92 Å². The summed E-state index contributed by atoms with van der Waals surface area (Å²) >= 11 is 3.58. The number of aromatic nitrogens is 2. The van der Waals surface area contributed by atoms with Crippen molar-refractivity contribution >= 4 is 21.7 Å². The Kier molecular flexibility index (Phi) is 5.61. The maximum absolute atomic E-state index is 4.75. The van der Waals surface area contributed by atoms with Crippen LogP contribution < -0.4 is 5.32 Å². The van der Waals surface area contributed by atoms with Crippen molar-refractivity contribution in [1.29, 1.82) is 0 Å². The molecule has 3 nitrogen and oxygen atoms in total. The smallest absolute Gasteiger partial charge is 0.144 e. The van der Waals surface area contributed by atoms with Crippen LogP contribution in [0.4, 0.5) is 5.82 Å². The van der Waals surface area contributed by atoms with Crippen LogP contribution in [0.5, 0.6) is 0 Å². The average molecular weight is 326 g/mol. The molecular formula is C15H24BrN3. The van der Waals surface area contributed by atoms with Crippen molar-refractivity contribution in [3.05, 3.63) is 16.0 Å². The van der Waals surface area contributed by atoms with Crippen LogP contribution in [0.25, 0.3) is 0 Å². The highest BCUT2D eigenvalue weighted by Gasteiger charge is 2.18. The summed E-state index contributed by atoms with van der Waals surface area (Å²) in [5.41, 5.74) is 1.04. The molecule has 0 aliphatic heterocycles. The van der Waals surface area contributed by atoms with E-state index in [1.165, 1.54) is 44.9 Å². The second-order valence-electron chi connectivity index (χ2n) is 5.40. The molecule has 0 atom stereocenters. The molecule has 2 rings (SSSR count). The summed E-state index contributed by atoms with van der Waals surface area (Å²) in [6, 6.07) is 0. The third kappa shape index (κ3) is 3.91. The first-order chi connectivity index (χ1) is 9.22. The Labute approximate surface area is 124 Å². The van der Waals surface area contributed by atoms with E-state index in [0.29, 0.717) is 5.92 Å². The zero-order chi connectivity index (χ0) is 13.7. The third-order valence-electron chi connectivity index (χ3n) is 3.85. The summed E-state index contributed by atoms with van der Waals surface area (Å²) in [4.78, 5) is 9.46. The maximum atomic E-state index is 4.75. The van der Waals surface area contributed by atoms with E-state index < -0.39 is 0 Å². The van der Waals surface area contributed by atoms with E-state index in [9.17, 15) is 0 Å². The van der Waals surface area contributed by atoms with Crippen LogP contribution in [-0.2, 0) is 0 Å². The molecule has 1 aliphatic carbocycles. The molecule has 1 aromatic heterocycles. The lowest BCUT2D eigenvalue weighted by Crippen LogP contribution is -2.11. The molecule has 1 saturated carbocycles. The second kappa shape index (κ2) is 7.22. The molecule has 0 unspecified atom stereocenters. The fourth-order valence-electron chi connectivity index (χ4n) is 2.76. The third-order valence-corrected chi connectivity index (χ3v) is 4.80. The van der Waals surface area contributed by atoms with Gasteiger partial charge in [0.15, 0.2) is 0 Å². The minimum atomic E-state index is 0.546. The van der Waals surface area contributed by atoms with Crippen LogP contribution in [0.15, 0.2) is 4.47 Å². The number of nitrogens with one attached hydrogen (secondary N) is 1. The van der Waals surface area contributed by atoms with Crippen molar-refractivity contribution in [2.24, 2.45) is 0 Å². The van der Waals surface area contributed by atoms with Crippen molar-refractivity contribution < 1.29 is 0 Å². The Hall–Kier alpha value is -0.640. The first-order valence-electron chi connectivity index (χ1n) is 7.50. The van der Waals surface area contributed by atoms with Crippen molar-refractivity contribution in [3.8, 4) is 0 Å². The average Bonchev–Trinajstić information content (AvgIpc) is 2.34. The summed E-state index contributed by atoms with van der Waals surface area (Å²) in [5.74, 6) is 2.54. The zero-order valence-electron chi connectivity index (χ0n) is 12.0. The molecule has 0 saturated heterocycles. The molecule has 0 radical (unpaired) electrons. The van der Waals surface area contributed by atoms with Gasteiger partial charge in [0, 0.05) is 12.5 Å².